The molecule has 1 atom stereocenters. The minimum Gasteiger partial charge on any atom is -0.336 e. The summed E-state index contributed by atoms with van der Waals surface area (Å²) in [5, 5.41) is 5.58. The molecule has 1 aliphatic carbocycles. The molecule has 26 heavy (non-hydrogen) atoms. The lowest BCUT2D eigenvalue weighted by Crippen LogP contribution is -2.38. The van der Waals surface area contributed by atoms with Gasteiger partial charge in [0.1, 0.15) is 11.2 Å². The predicted molar refractivity (Wildman–Crippen MR) is 102 cm³/mol. The quantitative estimate of drug-likeness (QED) is 0.657. The molecule has 136 valence electrons. The smallest absolute Gasteiger partial charge is 0.293 e. The summed E-state index contributed by atoms with van der Waals surface area (Å²) < 4.78 is 1.69. The largest absolute Gasteiger partial charge is 0.336 e. The Balaban J connectivity index is 1.60. The van der Waals surface area contributed by atoms with Crippen LogP contribution in [0.25, 0.3) is 15.9 Å². The molecule has 0 radical (unpaired) electrons. The summed E-state index contributed by atoms with van der Waals surface area (Å²) in [7, 11) is 0. The zero-order valence-corrected chi connectivity index (χ0v) is 16.1. The number of hydrogen-bond donors (Lipinski definition) is 0. The average Bonchev–Trinajstić information content (AvgIpc) is 3.23. The zero-order valence-electron chi connectivity index (χ0n) is 15.2. The summed E-state index contributed by atoms with van der Waals surface area (Å²) >= 11 is 1.78. The minimum absolute atomic E-state index is 0.0501. The van der Waals surface area contributed by atoms with Crippen molar-refractivity contribution in [2.24, 2.45) is 5.92 Å². The van der Waals surface area contributed by atoms with Crippen LogP contribution in [0.2, 0.25) is 0 Å². The molecule has 5 rings (SSSR count). The summed E-state index contributed by atoms with van der Waals surface area (Å²) in [5.41, 5.74) is 2.17. The number of rotatable bonds is 1. The van der Waals surface area contributed by atoms with Gasteiger partial charge in [-0.15, -0.1) is 16.4 Å². The molecule has 7 heteroatoms. The maximum absolute atomic E-state index is 12.9. The van der Waals surface area contributed by atoms with Crippen LogP contribution in [0, 0.1) is 5.92 Å². The van der Waals surface area contributed by atoms with Crippen molar-refractivity contribution in [3.05, 3.63) is 22.6 Å². The number of carbonyl (C=O) groups excluding carboxylic acids is 1. The van der Waals surface area contributed by atoms with E-state index >= 15 is 0 Å². The molecule has 0 aromatic carbocycles. The summed E-state index contributed by atoms with van der Waals surface area (Å²) in [6, 6.07) is 0. The van der Waals surface area contributed by atoms with E-state index in [1.165, 1.54) is 23.3 Å². The lowest BCUT2D eigenvalue weighted by atomic mass is 9.87. The number of likely N-dealkylation sites (tertiary alicyclic amines) is 1. The van der Waals surface area contributed by atoms with Crippen LogP contribution in [-0.2, 0) is 6.42 Å². The third-order valence-electron chi connectivity index (χ3n) is 5.94. The maximum Gasteiger partial charge on any atom is 0.293 e. The average molecular weight is 369 g/mol. The second kappa shape index (κ2) is 6.01. The minimum atomic E-state index is -0.0501. The number of amides is 1. The fourth-order valence-corrected chi connectivity index (χ4v) is 5.63. The Kier molecular flexibility index (Phi) is 3.74. The van der Waals surface area contributed by atoms with Crippen molar-refractivity contribution in [3.8, 4) is 0 Å². The second-order valence-electron chi connectivity index (χ2n) is 7.84. The van der Waals surface area contributed by atoms with Crippen LogP contribution >= 0.6 is 11.3 Å². The molecular formula is C19H23N5OS. The number of aryl methyl sites for hydroxylation is 1. The molecule has 1 aliphatic heterocycles. The Labute approximate surface area is 156 Å². The van der Waals surface area contributed by atoms with E-state index in [0.29, 0.717) is 17.7 Å². The molecule has 3 aromatic rings. The van der Waals surface area contributed by atoms with Crippen LogP contribution < -0.4 is 0 Å². The Hall–Kier alpha value is -2.02. The molecule has 3 aromatic heterocycles. The first-order chi connectivity index (χ1) is 12.6. The summed E-state index contributed by atoms with van der Waals surface area (Å²) in [5.74, 6) is 1.46. The van der Waals surface area contributed by atoms with Crippen LogP contribution in [0.4, 0.5) is 0 Å². The number of carbonyl (C=O) groups is 1. The van der Waals surface area contributed by atoms with Crippen molar-refractivity contribution in [3.63, 3.8) is 0 Å². The first kappa shape index (κ1) is 16.2. The molecular weight excluding hydrogens is 346 g/mol. The highest BCUT2D eigenvalue weighted by Gasteiger charge is 2.28. The Morgan fingerprint density at radius 2 is 2.04 bits per heavy atom. The molecule has 0 unspecified atom stereocenters. The zero-order chi connectivity index (χ0) is 17.8. The van der Waals surface area contributed by atoms with Gasteiger partial charge in [-0.1, -0.05) is 13.8 Å². The number of piperidine rings is 1. The van der Waals surface area contributed by atoms with E-state index in [2.05, 4.69) is 28.9 Å². The molecule has 1 amide bonds. The lowest BCUT2D eigenvalue weighted by Gasteiger charge is -2.29. The molecule has 0 saturated carbocycles. The summed E-state index contributed by atoms with van der Waals surface area (Å²) in [4.78, 5) is 26.5. The van der Waals surface area contributed by atoms with Crippen LogP contribution in [0.3, 0.4) is 0 Å². The van der Waals surface area contributed by atoms with Gasteiger partial charge in [0.05, 0.1) is 5.39 Å². The molecule has 6 nitrogen and oxygen atoms in total. The predicted octanol–water partition coefficient (Wildman–Crippen LogP) is 3.65. The molecule has 2 aliphatic rings. The van der Waals surface area contributed by atoms with E-state index in [1.54, 1.807) is 22.2 Å². The SMILES string of the molecule is CC1CCN(C(=O)c2nc3c4c5c(sc4ncn3n2)CCC[C@@H]5C)CC1. The standard InChI is InChI=1S/C19H23N5OS/c1-11-6-8-23(9-7-11)19(25)16-21-17-15-14-12(2)4-3-5-13(14)26-18(15)20-10-24(17)22-16/h10-12H,3-9H2,1-2H3/t12-/m0/s1. The van der Waals surface area contributed by atoms with Crippen molar-refractivity contribution in [2.75, 3.05) is 13.1 Å². The molecule has 0 spiro atoms. The fourth-order valence-electron chi connectivity index (χ4n) is 4.33. The first-order valence-corrected chi connectivity index (χ1v) is 10.4. The van der Waals surface area contributed by atoms with Crippen LogP contribution in [0.5, 0.6) is 0 Å². The normalized spacial score (nSPS) is 21.5. The van der Waals surface area contributed by atoms with Gasteiger partial charge in [0.15, 0.2) is 5.65 Å². The molecule has 0 bridgehead atoms. The van der Waals surface area contributed by atoms with Gasteiger partial charge in [-0.05, 0) is 49.5 Å². The fraction of sp³-hybridized carbons (Fsp3) is 0.579. The van der Waals surface area contributed by atoms with Crippen molar-refractivity contribution < 1.29 is 4.79 Å². The number of thiophene rings is 1. The van der Waals surface area contributed by atoms with E-state index in [9.17, 15) is 4.79 Å². The highest BCUT2D eigenvalue weighted by molar-refractivity contribution is 7.19. The molecule has 4 heterocycles. The van der Waals surface area contributed by atoms with Crippen LogP contribution in [0.15, 0.2) is 6.33 Å². The number of hydrogen-bond acceptors (Lipinski definition) is 5. The van der Waals surface area contributed by atoms with Gasteiger partial charge in [0.2, 0.25) is 5.82 Å². The van der Waals surface area contributed by atoms with Crippen molar-refractivity contribution in [1.29, 1.82) is 0 Å². The maximum atomic E-state index is 12.9. The lowest BCUT2D eigenvalue weighted by molar-refractivity contribution is 0.0685. The van der Waals surface area contributed by atoms with E-state index in [0.717, 1.165) is 48.2 Å². The highest BCUT2D eigenvalue weighted by Crippen LogP contribution is 2.42. The summed E-state index contributed by atoms with van der Waals surface area (Å²) in [6.45, 7) is 6.13. The van der Waals surface area contributed by atoms with Gasteiger partial charge in [0, 0.05) is 18.0 Å². The van der Waals surface area contributed by atoms with Gasteiger partial charge in [-0.25, -0.2) is 14.5 Å². The summed E-state index contributed by atoms with van der Waals surface area (Å²) in [6.07, 6.45) is 7.37. The second-order valence-corrected chi connectivity index (χ2v) is 8.92. The topological polar surface area (TPSA) is 63.4 Å². The van der Waals surface area contributed by atoms with Gasteiger partial charge in [-0.3, -0.25) is 4.79 Å². The molecule has 1 fully saturated rings. The van der Waals surface area contributed by atoms with Gasteiger partial charge < -0.3 is 4.90 Å². The molecule has 1 saturated heterocycles. The number of aromatic nitrogens is 4. The monoisotopic (exact) mass is 369 g/mol. The van der Waals surface area contributed by atoms with Gasteiger partial charge in [0.25, 0.3) is 5.91 Å². The van der Waals surface area contributed by atoms with Crippen LogP contribution in [0.1, 0.15) is 66.5 Å². The Bertz CT molecular complexity index is 998. The van der Waals surface area contributed by atoms with Crippen molar-refractivity contribution >= 4 is 33.1 Å². The van der Waals surface area contributed by atoms with E-state index in [4.69, 9.17) is 0 Å². The van der Waals surface area contributed by atoms with E-state index in [-0.39, 0.29) is 5.91 Å². The third-order valence-corrected chi connectivity index (χ3v) is 7.11. The van der Waals surface area contributed by atoms with Gasteiger partial charge in [-0.2, -0.15) is 0 Å². The van der Waals surface area contributed by atoms with E-state index < -0.39 is 0 Å². The van der Waals surface area contributed by atoms with E-state index in [1.807, 2.05) is 4.90 Å². The third kappa shape index (κ3) is 2.44. The van der Waals surface area contributed by atoms with Gasteiger partial charge >= 0.3 is 0 Å². The molecule has 0 N–H and O–H groups in total. The number of fused-ring (bicyclic) bond motifs is 5. The van der Waals surface area contributed by atoms with Crippen molar-refractivity contribution in [1.82, 2.24) is 24.5 Å². The van der Waals surface area contributed by atoms with Crippen molar-refractivity contribution in [2.45, 2.75) is 51.9 Å². The van der Waals surface area contributed by atoms with Crippen LogP contribution in [-0.4, -0.2) is 43.5 Å². The Morgan fingerprint density at radius 3 is 2.85 bits per heavy atom. The Morgan fingerprint density at radius 1 is 1.23 bits per heavy atom. The number of nitrogens with zero attached hydrogens (tertiary/aromatic N) is 5. The highest BCUT2D eigenvalue weighted by atomic mass is 32.1. The first-order valence-electron chi connectivity index (χ1n) is 9.57.